The van der Waals surface area contributed by atoms with E-state index in [4.69, 9.17) is 9.47 Å². The van der Waals surface area contributed by atoms with Gasteiger partial charge in [-0.25, -0.2) is 0 Å². The van der Waals surface area contributed by atoms with Gasteiger partial charge in [0.2, 0.25) is 0 Å². The summed E-state index contributed by atoms with van der Waals surface area (Å²) in [6, 6.07) is 7.34. The van der Waals surface area contributed by atoms with Crippen LogP contribution in [0.2, 0.25) is 0 Å². The van der Waals surface area contributed by atoms with E-state index in [1.807, 2.05) is 25.1 Å². The second-order valence-electron chi connectivity index (χ2n) is 4.99. The summed E-state index contributed by atoms with van der Waals surface area (Å²) in [5, 5.41) is 0. The zero-order chi connectivity index (χ0) is 13.5. The van der Waals surface area contributed by atoms with Crippen molar-refractivity contribution in [2.45, 2.75) is 32.6 Å². The van der Waals surface area contributed by atoms with Crippen molar-refractivity contribution in [3.05, 3.63) is 29.8 Å². The summed E-state index contributed by atoms with van der Waals surface area (Å²) < 4.78 is 10.9. The van der Waals surface area contributed by atoms with E-state index in [0.717, 1.165) is 12.3 Å². The topological polar surface area (TPSA) is 35.5 Å². The summed E-state index contributed by atoms with van der Waals surface area (Å²) in [4.78, 5) is 12.1. The molecule has 2 rings (SSSR count). The van der Waals surface area contributed by atoms with E-state index in [1.54, 1.807) is 6.07 Å². The first-order chi connectivity index (χ1) is 9.31. The van der Waals surface area contributed by atoms with Crippen LogP contribution in [-0.2, 0) is 4.74 Å². The molecule has 0 aromatic heterocycles. The lowest BCUT2D eigenvalue weighted by Crippen LogP contribution is -2.16. The summed E-state index contributed by atoms with van der Waals surface area (Å²) in [7, 11) is 0. The molecule has 0 N–H and O–H groups in total. The van der Waals surface area contributed by atoms with Gasteiger partial charge in [-0.05, 0) is 31.4 Å². The van der Waals surface area contributed by atoms with Crippen LogP contribution >= 0.6 is 0 Å². The molecule has 1 aromatic rings. The van der Waals surface area contributed by atoms with Crippen molar-refractivity contribution in [1.82, 2.24) is 0 Å². The van der Waals surface area contributed by atoms with Crippen molar-refractivity contribution < 1.29 is 14.3 Å². The summed E-state index contributed by atoms with van der Waals surface area (Å²) in [6.07, 6.45) is 5.08. The first kappa shape index (κ1) is 14.1. The SMILES string of the molecule is CCOc1ccccc1C(=O)COCCC1CCC1. The largest absolute Gasteiger partial charge is 0.493 e. The van der Waals surface area contributed by atoms with Crippen LogP contribution < -0.4 is 4.74 Å². The Bertz CT molecular complexity index is 410. The third kappa shape index (κ3) is 4.06. The van der Waals surface area contributed by atoms with Gasteiger partial charge in [-0.15, -0.1) is 0 Å². The molecule has 19 heavy (non-hydrogen) atoms. The molecule has 0 unspecified atom stereocenters. The molecule has 0 saturated heterocycles. The van der Waals surface area contributed by atoms with Gasteiger partial charge in [0.1, 0.15) is 12.4 Å². The number of rotatable bonds is 8. The molecule has 0 heterocycles. The van der Waals surface area contributed by atoms with Crippen molar-refractivity contribution >= 4 is 5.78 Å². The predicted octanol–water partition coefficient (Wildman–Crippen LogP) is 3.47. The van der Waals surface area contributed by atoms with Crippen LogP contribution in [0.4, 0.5) is 0 Å². The molecule has 3 nitrogen and oxygen atoms in total. The molecular formula is C16H22O3. The molecule has 1 fully saturated rings. The minimum absolute atomic E-state index is 0.00217. The van der Waals surface area contributed by atoms with Crippen LogP contribution in [0, 0.1) is 5.92 Å². The third-order valence-corrected chi connectivity index (χ3v) is 3.62. The quantitative estimate of drug-likeness (QED) is 0.531. The Hall–Kier alpha value is -1.35. The average molecular weight is 262 g/mol. The van der Waals surface area contributed by atoms with Gasteiger partial charge in [-0.2, -0.15) is 0 Å². The normalized spacial score (nSPS) is 15.0. The molecule has 0 radical (unpaired) electrons. The van der Waals surface area contributed by atoms with E-state index >= 15 is 0 Å². The molecule has 0 aliphatic heterocycles. The Kier molecular flexibility index (Phi) is 5.40. The van der Waals surface area contributed by atoms with Gasteiger partial charge in [0.05, 0.1) is 12.2 Å². The average Bonchev–Trinajstić information content (AvgIpc) is 2.37. The lowest BCUT2D eigenvalue weighted by atomic mass is 9.83. The van der Waals surface area contributed by atoms with Crippen LogP contribution in [0.15, 0.2) is 24.3 Å². The fraction of sp³-hybridized carbons (Fsp3) is 0.562. The predicted molar refractivity (Wildman–Crippen MR) is 74.7 cm³/mol. The monoisotopic (exact) mass is 262 g/mol. The maximum absolute atomic E-state index is 12.1. The van der Waals surface area contributed by atoms with Crippen LogP contribution in [-0.4, -0.2) is 25.6 Å². The second kappa shape index (κ2) is 7.29. The minimum atomic E-state index is -0.00217. The van der Waals surface area contributed by atoms with E-state index in [-0.39, 0.29) is 12.4 Å². The first-order valence-electron chi connectivity index (χ1n) is 7.14. The molecule has 0 spiro atoms. The Morgan fingerprint density at radius 3 is 2.79 bits per heavy atom. The molecule has 104 valence electrons. The van der Waals surface area contributed by atoms with Gasteiger partial charge in [0.25, 0.3) is 0 Å². The number of benzene rings is 1. The number of carbonyl (C=O) groups excluding carboxylic acids is 1. The molecule has 1 saturated carbocycles. The van der Waals surface area contributed by atoms with Crippen LogP contribution in [0.1, 0.15) is 43.0 Å². The summed E-state index contributed by atoms with van der Waals surface area (Å²) >= 11 is 0. The van der Waals surface area contributed by atoms with Gasteiger partial charge in [-0.3, -0.25) is 4.79 Å². The van der Waals surface area contributed by atoms with E-state index in [9.17, 15) is 4.79 Å². The van der Waals surface area contributed by atoms with Crippen molar-refractivity contribution in [3.8, 4) is 5.75 Å². The number of ketones is 1. The highest BCUT2D eigenvalue weighted by molar-refractivity contribution is 5.99. The minimum Gasteiger partial charge on any atom is -0.493 e. The van der Waals surface area contributed by atoms with Crippen LogP contribution in [0.25, 0.3) is 0 Å². The van der Waals surface area contributed by atoms with Gasteiger partial charge in [0.15, 0.2) is 5.78 Å². The zero-order valence-electron chi connectivity index (χ0n) is 11.6. The van der Waals surface area contributed by atoms with E-state index in [2.05, 4.69) is 0 Å². The molecular weight excluding hydrogens is 240 g/mol. The Morgan fingerprint density at radius 2 is 2.11 bits per heavy atom. The Morgan fingerprint density at radius 1 is 1.32 bits per heavy atom. The number of ether oxygens (including phenoxy) is 2. The van der Waals surface area contributed by atoms with Crippen LogP contribution in [0.5, 0.6) is 5.75 Å². The Labute approximate surface area is 114 Å². The highest BCUT2D eigenvalue weighted by Gasteiger charge is 2.17. The maximum atomic E-state index is 12.1. The smallest absolute Gasteiger partial charge is 0.192 e. The van der Waals surface area contributed by atoms with Crippen molar-refractivity contribution in [3.63, 3.8) is 0 Å². The highest BCUT2D eigenvalue weighted by atomic mass is 16.5. The standard InChI is InChI=1S/C16H22O3/c1-2-19-16-9-4-3-8-14(16)15(17)12-18-11-10-13-6-5-7-13/h3-4,8-9,13H,2,5-7,10-12H2,1H3. The van der Waals surface area contributed by atoms with Crippen LogP contribution in [0.3, 0.4) is 0 Å². The molecule has 1 aromatic carbocycles. The lowest BCUT2D eigenvalue weighted by molar-refractivity contribution is 0.0701. The summed E-state index contributed by atoms with van der Waals surface area (Å²) in [6.45, 7) is 3.31. The van der Waals surface area contributed by atoms with Gasteiger partial charge < -0.3 is 9.47 Å². The summed E-state index contributed by atoms with van der Waals surface area (Å²) in [5.41, 5.74) is 0.619. The number of carbonyl (C=O) groups is 1. The number of hydrogen-bond donors (Lipinski definition) is 0. The molecule has 0 atom stereocenters. The van der Waals surface area contributed by atoms with Crippen molar-refractivity contribution in [2.24, 2.45) is 5.92 Å². The molecule has 1 aliphatic rings. The lowest BCUT2D eigenvalue weighted by Gasteiger charge is -2.24. The van der Waals surface area contributed by atoms with E-state index < -0.39 is 0 Å². The Balaban J connectivity index is 1.78. The molecule has 0 bridgehead atoms. The van der Waals surface area contributed by atoms with Crippen molar-refractivity contribution in [1.29, 1.82) is 0 Å². The van der Waals surface area contributed by atoms with E-state index in [1.165, 1.54) is 19.3 Å². The maximum Gasteiger partial charge on any atom is 0.192 e. The molecule has 3 heteroatoms. The highest BCUT2D eigenvalue weighted by Crippen LogP contribution is 2.29. The first-order valence-corrected chi connectivity index (χ1v) is 7.14. The number of hydrogen-bond acceptors (Lipinski definition) is 3. The fourth-order valence-corrected chi connectivity index (χ4v) is 2.25. The third-order valence-electron chi connectivity index (χ3n) is 3.62. The molecule has 0 amide bonds. The van der Waals surface area contributed by atoms with Gasteiger partial charge in [-0.1, -0.05) is 31.4 Å². The second-order valence-corrected chi connectivity index (χ2v) is 4.99. The van der Waals surface area contributed by atoms with Gasteiger partial charge >= 0.3 is 0 Å². The number of para-hydroxylation sites is 1. The number of Topliss-reactive ketones (excluding diaryl/α,β-unsaturated/α-hetero) is 1. The zero-order valence-corrected chi connectivity index (χ0v) is 11.6. The van der Waals surface area contributed by atoms with Gasteiger partial charge in [0, 0.05) is 6.61 Å². The fourth-order valence-electron chi connectivity index (χ4n) is 2.25. The van der Waals surface area contributed by atoms with E-state index in [0.29, 0.717) is 24.5 Å². The van der Waals surface area contributed by atoms with Crippen molar-refractivity contribution in [2.75, 3.05) is 19.8 Å². The molecule has 1 aliphatic carbocycles. The summed E-state index contributed by atoms with van der Waals surface area (Å²) in [5.74, 6) is 1.47.